The van der Waals surface area contributed by atoms with Crippen LogP contribution < -0.4 is 11.3 Å². The first-order valence-electron chi connectivity index (χ1n) is 4.53. The van der Waals surface area contributed by atoms with Gasteiger partial charge in [0.15, 0.2) is 0 Å². The third-order valence-corrected chi connectivity index (χ3v) is 3.02. The fourth-order valence-corrected chi connectivity index (χ4v) is 2.04. The molecule has 82 valence electrons. The summed E-state index contributed by atoms with van der Waals surface area (Å²) in [5, 5.41) is 1.91. The largest absolute Gasteiger partial charge is 0.365 e. The first kappa shape index (κ1) is 10.6. The van der Waals surface area contributed by atoms with Crippen LogP contribution in [0.15, 0.2) is 22.4 Å². The number of nitrogens with two attached hydrogens (primary N) is 1. The number of carbonyl (C=O) groups is 1. The molecule has 0 aliphatic heterocycles. The summed E-state index contributed by atoms with van der Waals surface area (Å²) in [5.41, 5.74) is 5.24. The van der Waals surface area contributed by atoms with Crippen LogP contribution in [0.5, 0.6) is 0 Å². The second-order valence-electron chi connectivity index (χ2n) is 3.23. The number of hydrogen-bond donors (Lipinski definition) is 2. The van der Waals surface area contributed by atoms with Crippen LogP contribution in [0, 0.1) is 6.92 Å². The molecule has 2 heterocycles. The molecule has 3 N–H and O–H groups in total. The van der Waals surface area contributed by atoms with E-state index in [0.29, 0.717) is 5.82 Å². The number of H-pyrrole nitrogens is 1. The van der Waals surface area contributed by atoms with E-state index in [4.69, 9.17) is 5.73 Å². The van der Waals surface area contributed by atoms with Crippen LogP contribution in [0.2, 0.25) is 0 Å². The van der Waals surface area contributed by atoms with Crippen LogP contribution in [0.1, 0.15) is 15.2 Å². The quantitative estimate of drug-likeness (QED) is 0.810. The van der Waals surface area contributed by atoms with E-state index in [1.54, 1.807) is 11.3 Å². The molecule has 2 rings (SSSR count). The monoisotopic (exact) mass is 235 g/mol. The second kappa shape index (κ2) is 3.90. The molecule has 0 fully saturated rings. The van der Waals surface area contributed by atoms with Crippen molar-refractivity contribution in [3.05, 3.63) is 38.4 Å². The Bertz CT molecular complexity index is 600. The van der Waals surface area contributed by atoms with Crippen molar-refractivity contribution < 1.29 is 4.79 Å². The van der Waals surface area contributed by atoms with Crippen molar-refractivity contribution in [1.29, 1.82) is 0 Å². The molecule has 0 atom stereocenters. The highest BCUT2D eigenvalue weighted by Gasteiger charge is 2.10. The molecule has 5 nitrogen and oxygen atoms in total. The first-order valence-corrected chi connectivity index (χ1v) is 5.41. The van der Waals surface area contributed by atoms with Gasteiger partial charge >= 0.3 is 0 Å². The Morgan fingerprint density at radius 2 is 2.31 bits per heavy atom. The molecule has 6 heteroatoms. The number of aromatic amines is 1. The SMILES string of the molecule is Cc1sccc1-c1ncc(C(N)=O)c(=O)[nH]1. The van der Waals surface area contributed by atoms with Crippen LogP contribution >= 0.6 is 11.3 Å². The maximum absolute atomic E-state index is 11.5. The topological polar surface area (TPSA) is 88.8 Å². The van der Waals surface area contributed by atoms with E-state index in [-0.39, 0.29) is 5.56 Å². The highest BCUT2D eigenvalue weighted by Crippen LogP contribution is 2.23. The molecular formula is C10H9N3O2S. The first-order chi connectivity index (χ1) is 7.59. The average molecular weight is 235 g/mol. The van der Waals surface area contributed by atoms with Crippen LogP contribution in [0.25, 0.3) is 11.4 Å². The zero-order chi connectivity index (χ0) is 11.7. The van der Waals surface area contributed by atoms with Crippen molar-refractivity contribution in [2.24, 2.45) is 5.73 Å². The minimum atomic E-state index is -0.776. The van der Waals surface area contributed by atoms with Gasteiger partial charge in [-0.3, -0.25) is 9.59 Å². The summed E-state index contributed by atoms with van der Waals surface area (Å²) >= 11 is 1.56. The summed E-state index contributed by atoms with van der Waals surface area (Å²) in [7, 11) is 0. The Kier molecular flexibility index (Phi) is 2.57. The number of amides is 1. The lowest BCUT2D eigenvalue weighted by Crippen LogP contribution is -2.24. The third-order valence-electron chi connectivity index (χ3n) is 2.18. The molecule has 0 unspecified atom stereocenters. The van der Waals surface area contributed by atoms with Crippen LogP contribution in [0.3, 0.4) is 0 Å². The number of hydrogen-bond acceptors (Lipinski definition) is 4. The van der Waals surface area contributed by atoms with Crippen molar-refractivity contribution in [1.82, 2.24) is 9.97 Å². The van der Waals surface area contributed by atoms with E-state index in [2.05, 4.69) is 9.97 Å². The summed E-state index contributed by atoms with van der Waals surface area (Å²) in [6, 6.07) is 1.86. The standard InChI is InChI=1S/C10H9N3O2S/c1-5-6(2-3-16-5)9-12-4-7(8(11)14)10(15)13-9/h2-4H,1H3,(H2,11,14)(H,12,13,15). The number of aromatic nitrogens is 2. The van der Waals surface area contributed by atoms with E-state index in [1.807, 2.05) is 18.4 Å². The van der Waals surface area contributed by atoms with Crippen molar-refractivity contribution in [3.63, 3.8) is 0 Å². The number of carbonyl (C=O) groups excluding carboxylic acids is 1. The van der Waals surface area contributed by atoms with Gasteiger partial charge in [0, 0.05) is 16.6 Å². The normalized spacial score (nSPS) is 10.3. The predicted octanol–water partition coefficient (Wildman–Crippen LogP) is 0.906. The van der Waals surface area contributed by atoms with Gasteiger partial charge in [-0.25, -0.2) is 4.98 Å². The minimum absolute atomic E-state index is 0.128. The highest BCUT2D eigenvalue weighted by molar-refractivity contribution is 7.10. The van der Waals surface area contributed by atoms with Crippen molar-refractivity contribution in [3.8, 4) is 11.4 Å². The Labute approximate surface area is 95.0 Å². The molecule has 2 aromatic rings. The number of thiophene rings is 1. The van der Waals surface area contributed by atoms with E-state index in [9.17, 15) is 9.59 Å². The average Bonchev–Trinajstić information content (AvgIpc) is 2.63. The number of aryl methyl sites for hydroxylation is 1. The fraction of sp³-hybridized carbons (Fsp3) is 0.100. The molecular weight excluding hydrogens is 226 g/mol. The summed E-state index contributed by atoms with van der Waals surface area (Å²) in [5.74, 6) is -0.323. The Balaban J connectivity index is 2.55. The lowest BCUT2D eigenvalue weighted by atomic mass is 10.2. The molecule has 1 amide bonds. The van der Waals surface area contributed by atoms with Gasteiger partial charge in [0.05, 0.1) is 0 Å². The Hall–Kier alpha value is -1.95. The zero-order valence-electron chi connectivity index (χ0n) is 8.48. The van der Waals surface area contributed by atoms with Gasteiger partial charge in [-0.05, 0) is 18.4 Å². The third kappa shape index (κ3) is 1.74. The smallest absolute Gasteiger partial charge is 0.264 e. The van der Waals surface area contributed by atoms with E-state index >= 15 is 0 Å². The number of rotatable bonds is 2. The summed E-state index contributed by atoms with van der Waals surface area (Å²) in [6.45, 7) is 1.93. The molecule has 16 heavy (non-hydrogen) atoms. The number of nitrogens with zero attached hydrogens (tertiary/aromatic N) is 1. The molecule has 0 saturated carbocycles. The zero-order valence-corrected chi connectivity index (χ0v) is 9.30. The van der Waals surface area contributed by atoms with Gasteiger partial charge in [-0.15, -0.1) is 11.3 Å². The molecule has 0 bridgehead atoms. The summed E-state index contributed by atoms with van der Waals surface area (Å²) in [6.07, 6.45) is 1.20. The van der Waals surface area contributed by atoms with Gasteiger partial charge in [0.25, 0.3) is 11.5 Å². The Morgan fingerprint density at radius 3 is 2.81 bits per heavy atom. The van der Waals surface area contributed by atoms with Gasteiger partial charge in [0.1, 0.15) is 11.4 Å². The Morgan fingerprint density at radius 1 is 1.56 bits per heavy atom. The number of primary amides is 1. The second-order valence-corrected chi connectivity index (χ2v) is 4.35. The van der Waals surface area contributed by atoms with Crippen molar-refractivity contribution >= 4 is 17.2 Å². The lowest BCUT2D eigenvalue weighted by molar-refractivity contribution is 0.0998. The molecule has 0 aliphatic carbocycles. The molecule has 0 radical (unpaired) electrons. The van der Waals surface area contributed by atoms with Gasteiger partial charge < -0.3 is 10.7 Å². The van der Waals surface area contributed by atoms with E-state index < -0.39 is 11.5 Å². The van der Waals surface area contributed by atoms with Crippen molar-refractivity contribution in [2.75, 3.05) is 0 Å². The predicted molar refractivity (Wildman–Crippen MR) is 61.4 cm³/mol. The lowest BCUT2D eigenvalue weighted by Gasteiger charge is -2.00. The number of nitrogens with one attached hydrogen (secondary N) is 1. The van der Waals surface area contributed by atoms with Gasteiger partial charge in [0.2, 0.25) is 0 Å². The fourth-order valence-electron chi connectivity index (χ4n) is 1.34. The maximum atomic E-state index is 11.5. The summed E-state index contributed by atoms with van der Waals surface area (Å²) in [4.78, 5) is 30.0. The van der Waals surface area contributed by atoms with Crippen LogP contribution in [-0.4, -0.2) is 15.9 Å². The molecule has 0 saturated heterocycles. The van der Waals surface area contributed by atoms with Crippen LogP contribution in [-0.2, 0) is 0 Å². The highest BCUT2D eigenvalue weighted by atomic mass is 32.1. The molecule has 0 aliphatic rings. The van der Waals surface area contributed by atoms with E-state index in [0.717, 1.165) is 10.4 Å². The van der Waals surface area contributed by atoms with Gasteiger partial charge in [-0.1, -0.05) is 0 Å². The summed E-state index contributed by atoms with van der Waals surface area (Å²) < 4.78 is 0. The van der Waals surface area contributed by atoms with Crippen molar-refractivity contribution in [2.45, 2.75) is 6.92 Å². The minimum Gasteiger partial charge on any atom is -0.365 e. The van der Waals surface area contributed by atoms with Crippen LogP contribution in [0.4, 0.5) is 0 Å². The molecule has 0 aromatic carbocycles. The molecule has 2 aromatic heterocycles. The molecule has 0 spiro atoms. The van der Waals surface area contributed by atoms with E-state index in [1.165, 1.54) is 6.20 Å². The maximum Gasteiger partial charge on any atom is 0.264 e. The van der Waals surface area contributed by atoms with Gasteiger partial charge in [-0.2, -0.15) is 0 Å².